The number of aryl methyl sites for hydroxylation is 1. The summed E-state index contributed by atoms with van der Waals surface area (Å²) in [6, 6.07) is 8.47. The van der Waals surface area contributed by atoms with Gasteiger partial charge in [-0.25, -0.2) is 13.2 Å². The van der Waals surface area contributed by atoms with E-state index in [2.05, 4.69) is 20.3 Å². The lowest BCUT2D eigenvalue weighted by Gasteiger charge is -2.19. The standard InChI is InChI=1S/C28H36N6O7S/c1-6-18-7-8-21(39-10-9-29)24(13-18)42(36,37)33-26-25-22(38-5)11-19(12-23(25)41-32-26)16-34-17-20(15-31-34)14-30-27(35)40-28(2,3)4/h7-8,11-13,15,17H,6,9-10,14,16,29H2,1-5H3,(H,30,35)(H,32,33). The molecule has 4 N–H and O–H groups in total. The van der Waals surface area contributed by atoms with Gasteiger partial charge in [-0.1, -0.05) is 18.1 Å². The molecule has 0 saturated carbocycles. The van der Waals surface area contributed by atoms with E-state index in [1.54, 1.807) is 68.2 Å². The summed E-state index contributed by atoms with van der Waals surface area (Å²) < 4.78 is 53.1. The molecular formula is C28H36N6O7S. The summed E-state index contributed by atoms with van der Waals surface area (Å²) in [5, 5.41) is 11.4. The van der Waals surface area contributed by atoms with Gasteiger partial charge in [0.25, 0.3) is 10.0 Å². The van der Waals surface area contributed by atoms with E-state index in [9.17, 15) is 13.2 Å². The molecule has 0 saturated heterocycles. The number of nitrogens with two attached hydrogens (primary N) is 1. The Labute approximate surface area is 244 Å². The topological polar surface area (TPSA) is 173 Å². The molecule has 0 atom stereocenters. The van der Waals surface area contributed by atoms with Crippen LogP contribution in [0.2, 0.25) is 0 Å². The average Bonchev–Trinajstić information content (AvgIpc) is 3.55. The van der Waals surface area contributed by atoms with Crippen LogP contribution in [0, 0.1) is 0 Å². The van der Waals surface area contributed by atoms with Crippen LogP contribution >= 0.6 is 0 Å². The number of nitrogens with one attached hydrogen (secondary N) is 2. The van der Waals surface area contributed by atoms with E-state index in [-0.39, 0.29) is 36.2 Å². The molecule has 0 radical (unpaired) electrons. The molecule has 14 heteroatoms. The number of ether oxygens (including phenoxy) is 3. The summed E-state index contributed by atoms with van der Waals surface area (Å²) in [4.78, 5) is 11.9. The molecule has 0 aliphatic carbocycles. The van der Waals surface area contributed by atoms with Gasteiger partial charge in [0.2, 0.25) is 0 Å². The molecule has 13 nitrogen and oxygen atoms in total. The van der Waals surface area contributed by atoms with Gasteiger partial charge in [-0.15, -0.1) is 0 Å². The van der Waals surface area contributed by atoms with Gasteiger partial charge in [-0.2, -0.15) is 5.10 Å². The first-order valence-corrected chi connectivity index (χ1v) is 14.8. The fourth-order valence-corrected chi connectivity index (χ4v) is 5.33. The van der Waals surface area contributed by atoms with Gasteiger partial charge in [-0.05, 0) is 62.6 Å². The van der Waals surface area contributed by atoms with Crippen LogP contribution in [-0.2, 0) is 34.3 Å². The summed E-state index contributed by atoms with van der Waals surface area (Å²) in [5.41, 5.74) is 7.66. The van der Waals surface area contributed by atoms with Gasteiger partial charge in [0.15, 0.2) is 11.4 Å². The second-order valence-electron chi connectivity index (χ2n) is 10.5. The number of nitrogens with zero attached hydrogens (tertiary/aromatic N) is 3. The maximum Gasteiger partial charge on any atom is 0.407 e. The Balaban J connectivity index is 1.54. The average molecular weight is 601 g/mol. The van der Waals surface area contributed by atoms with Crippen molar-refractivity contribution in [1.82, 2.24) is 20.3 Å². The van der Waals surface area contributed by atoms with Crippen molar-refractivity contribution in [3.63, 3.8) is 0 Å². The lowest BCUT2D eigenvalue weighted by atomic mass is 10.1. The molecule has 2 aromatic carbocycles. The molecule has 0 aliphatic heterocycles. The van der Waals surface area contributed by atoms with E-state index in [0.717, 1.165) is 16.7 Å². The van der Waals surface area contributed by atoms with Crippen LogP contribution in [-0.4, -0.2) is 55.3 Å². The number of alkyl carbamates (subject to hydrolysis) is 1. The number of sulfonamides is 1. The molecule has 1 amide bonds. The molecule has 4 rings (SSSR count). The lowest BCUT2D eigenvalue weighted by molar-refractivity contribution is 0.0523. The van der Waals surface area contributed by atoms with Crippen molar-refractivity contribution in [2.45, 2.75) is 57.7 Å². The zero-order chi connectivity index (χ0) is 30.5. The minimum atomic E-state index is -4.12. The van der Waals surface area contributed by atoms with Crippen molar-refractivity contribution in [3.05, 3.63) is 59.4 Å². The molecule has 42 heavy (non-hydrogen) atoms. The molecule has 2 heterocycles. The van der Waals surface area contributed by atoms with Gasteiger partial charge < -0.3 is 29.8 Å². The molecule has 226 valence electrons. The van der Waals surface area contributed by atoms with Crippen molar-refractivity contribution in [3.8, 4) is 11.5 Å². The Kier molecular flexibility index (Phi) is 9.27. The van der Waals surface area contributed by atoms with Crippen molar-refractivity contribution in [1.29, 1.82) is 0 Å². The van der Waals surface area contributed by atoms with Gasteiger partial charge in [-0.3, -0.25) is 9.40 Å². The highest BCUT2D eigenvalue weighted by Gasteiger charge is 2.25. The van der Waals surface area contributed by atoms with Crippen LogP contribution in [0.1, 0.15) is 44.4 Å². The third-order valence-electron chi connectivity index (χ3n) is 6.00. The maximum atomic E-state index is 13.5. The number of anilines is 1. The van der Waals surface area contributed by atoms with E-state index in [4.69, 9.17) is 24.5 Å². The normalized spacial score (nSPS) is 11.9. The number of rotatable bonds is 12. The fraction of sp³-hybridized carbons (Fsp3) is 0.393. The van der Waals surface area contributed by atoms with E-state index in [1.807, 2.05) is 6.92 Å². The highest BCUT2D eigenvalue weighted by molar-refractivity contribution is 7.92. The van der Waals surface area contributed by atoms with E-state index >= 15 is 0 Å². The second kappa shape index (κ2) is 12.7. The smallest absolute Gasteiger partial charge is 0.407 e. The fourth-order valence-electron chi connectivity index (χ4n) is 4.12. The van der Waals surface area contributed by atoms with Crippen molar-refractivity contribution >= 4 is 32.9 Å². The summed E-state index contributed by atoms with van der Waals surface area (Å²) in [6.45, 7) is 8.32. The Hall–Kier alpha value is -4.30. The SMILES string of the molecule is CCc1ccc(OCCN)c(S(=O)(=O)Nc2noc3cc(Cn4cc(CNC(=O)OC(C)(C)C)cn4)cc(OC)c23)c1. The predicted octanol–water partition coefficient (Wildman–Crippen LogP) is 3.81. The number of carbonyl (C=O) groups excluding carboxylic acids is 1. The number of aromatic nitrogens is 3. The first-order valence-electron chi connectivity index (χ1n) is 13.4. The Bertz CT molecular complexity index is 1660. The molecule has 0 spiro atoms. The van der Waals surface area contributed by atoms with Crippen LogP contribution < -0.4 is 25.2 Å². The van der Waals surface area contributed by atoms with Crippen LogP contribution in [0.3, 0.4) is 0 Å². The van der Waals surface area contributed by atoms with Crippen molar-refractivity contribution in [2.75, 3.05) is 25.0 Å². The van der Waals surface area contributed by atoms with E-state index in [0.29, 0.717) is 29.7 Å². The highest BCUT2D eigenvalue weighted by atomic mass is 32.2. The summed E-state index contributed by atoms with van der Waals surface area (Å²) in [7, 11) is -2.64. The summed E-state index contributed by atoms with van der Waals surface area (Å²) in [6.07, 6.45) is 3.57. The Morgan fingerprint density at radius 3 is 2.60 bits per heavy atom. The quantitative estimate of drug-likeness (QED) is 0.217. The van der Waals surface area contributed by atoms with Crippen LogP contribution in [0.5, 0.6) is 11.5 Å². The number of fused-ring (bicyclic) bond motifs is 1. The minimum absolute atomic E-state index is 0.0188. The Morgan fingerprint density at radius 2 is 1.90 bits per heavy atom. The molecule has 0 unspecified atom stereocenters. The summed E-state index contributed by atoms with van der Waals surface area (Å²) >= 11 is 0. The predicted molar refractivity (Wildman–Crippen MR) is 156 cm³/mol. The van der Waals surface area contributed by atoms with Gasteiger partial charge in [0.1, 0.15) is 34.0 Å². The molecule has 0 aliphatic rings. The van der Waals surface area contributed by atoms with Crippen molar-refractivity contribution in [2.24, 2.45) is 5.73 Å². The van der Waals surface area contributed by atoms with E-state index < -0.39 is 21.7 Å². The number of hydrogen-bond donors (Lipinski definition) is 3. The second-order valence-corrected chi connectivity index (χ2v) is 12.1. The summed E-state index contributed by atoms with van der Waals surface area (Å²) in [5.74, 6) is 0.532. The molecule has 2 aromatic heterocycles. The van der Waals surface area contributed by atoms with Gasteiger partial charge in [0.05, 0.1) is 19.9 Å². The van der Waals surface area contributed by atoms with Crippen LogP contribution in [0.25, 0.3) is 11.0 Å². The van der Waals surface area contributed by atoms with Gasteiger partial charge >= 0.3 is 6.09 Å². The highest BCUT2D eigenvalue weighted by Crippen LogP contribution is 2.36. The lowest BCUT2D eigenvalue weighted by Crippen LogP contribution is -2.32. The van der Waals surface area contributed by atoms with E-state index in [1.165, 1.54) is 7.11 Å². The molecule has 0 fully saturated rings. The molecular weight excluding hydrogens is 564 g/mol. The molecule has 4 aromatic rings. The number of carbonyl (C=O) groups is 1. The monoisotopic (exact) mass is 600 g/mol. The van der Waals surface area contributed by atoms with Crippen LogP contribution in [0.15, 0.2) is 52.1 Å². The number of methoxy groups -OCH3 is 1. The van der Waals surface area contributed by atoms with Crippen molar-refractivity contribution < 1.29 is 31.9 Å². The minimum Gasteiger partial charge on any atom is -0.496 e. The first-order chi connectivity index (χ1) is 19.9. The van der Waals surface area contributed by atoms with Gasteiger partial charge in [0, 0.05) is 24.8 Å². The third-order valence-corrected chi connectivity index (χ3v) is 7.36. The first kappa shape index (κ1) is 30.7. The Morgan fingerprint density at radius 1 is 1.12 bits per heavy atom. The largest absolute Gasteiger partial charge is 0.496 e. The number of benzene rings is 2. The maximum absolute atomic E-state index is 13.5. The number of hydrogen-bond acceptors (Lipinski definition) is 10. The van der Waals surface area contributed by atoms with Crippen LogP contribution in [0.4, 0.5) is 10.6 Å². The third kappa shape index (κ3) is 7.50. The molecule has 0 bridgehead atoms. The zero-order valence-electron chi connectivity index (χ0n) is 24.3. The number of amides is 1. The zero-order valence-corrected chi connectivity index (χ0v) is 25.1.